The predicted octanol–water partition coefficient (Wildman–Crippen LogP) is 25.1. The van der Waals surface area contributed by atoms with E-state index < -0.39 is 91.5 Å². The molecule has 0 aliphatic rings. The maximum atomic E-state index is 13.0. The van der Waals surface area contributed by atoms with Gasteiger partial charge in [-0.1, -0.05) is 323 Å². The summed E-state index contributed by atoms with van der Waals surface area (Å²) in [5, 5.41) is 20.7. The number of carbonyl (C=O) groups excluding carboxylic acids is 3. The Hall–Kier alpha value is -3.79. The van der Waals surface area contributed by atoms with Crippen molar-refractivity contribution in [1.82, 2.24) is 0 Å². The van der Waals surface area contributed by atoms with E-state index in [-0.39, 0.29) is 19.3 Å². The molecule has 0 aromatic rings. The molecule has 0 rings (SSSR count). The van der Waals surface area contributed by atoms with Crippen LogP contribution in [0.15, 0.2) is 109 Å². The zero-order valence-corrected chi connectivity index (χ0v) is 68.4. The lowest BCUT2D eigenvalue weighted by Crippen LogP contribution is -2.30. The summed E-state index contributed by atoms with van der Waals surface area (Å²) in [7, 11) is -9.79. The highest BCUT2D eigenvalue weighted by molar-refractivity contribution is 7.47. The molecule has 0 fully saturated rings. The average molecular weight is 1520 g/mol. The summed E-state index contributed by atoms with van der Waals surface area (Å²) >= 11 is 0. The Balaban J connectivity index is 4.47. The van der Waals surface area contributed by atoms with E-state index in [0.717, 1.165) is 135 Å². The molecule has 18 heteroatoms. The number of esters is 3. The molecule has 0 saturated carbocycles. The van der Waals surface area contributed by atoms with E-state index in [4.69, 9.17) is 32.3 Å². The molecule has 0 aliphatic heterocycles. The van der Waals surface area contributed by atoms with Crippen LogP contribution in [0.1, 0.15) is 367 Å². The Morgan fingerprint density at radius 3 is 0.781 bits per heavy atom. The van der Waals surface area contributed by atoms with Gasteiger partial charge in [0, 0.05) is 19.3 Å². The number of phosphoric ester groups is 2. The monoisotopic (exact) mass is 1520 g/mol. The predicted molar refractivity (Wildman–Crippen MR) is 436 cm³/mol. The molecule has 5 unspecified atom stereocenters. The highest BCUT2D eigenvalue weighted by Crippen LogP contribution is 2.45. The molecule has 4 N–H and O–H groups in total. The van der Waals surface area contributed by atoms with Crippen molar-refractivity contribution in [1.29, 1.82) is 0 Å². The van der Waals surface area contributed by atoms with Crippen molar-refractivity contribution in [2.24, 2.45) is 0 Å². The lowest BCUT2D eigenvalue weighted by molar-refractivity contribution is -0.161. The van der Waals surface area contributed by atoms with E-state index in [0.29, 0.717) is 19.3 Å². The molecule has 0 aliphatic carbocycles. The van der Waals surface area contributed by atoms with Gasteiger partial charge in [0.1, 0.15) is 25.4 Å². The SMILES string of the molecule is CCCCC/C=C\C/C=C\C/C=C\C/C=C\CCCCCCCCCCCCCCCC(=O)OCC(O)COP(=O)(O)OCC(O)COP(=O)(O)OCC(COC(=O)CCCCCCCCCCCCC/C=C\C/C=C\C/C=C\C/C=C\CCCCC)OC(=O)CCCCCCC/C=C\CCCCCC. The molecule has 0 spiro atoms. The standard InChI is InChI=1S/C87H154O16P2/c1-4-7-10-13-16-19-22-25-27-29-31-33-35-37-39-40-42-44-45-47-49-51-53-56-58-61-64-67-70-73-85(90)97-76-82(88)77-99-104(93,94)100-78-83(89)79-101-105(95,96)102-81-84(103-87(92)75-72-69-66-63-60-55-24-21-18-15-12-9-6-3)80-98-86(91)74-71-68-65-62-59-57-54-52-50-48-46-43-41-38-36-34-32-30-28-26-23-20-17-14-11-8-5-2/h16-17,19-21,24-28,31-34,37-39,41,82-84,88-89H,4-15,18,22-23,29-30,35-36,40,42-81H2,1-3H3,(H,93,94)(H,95,96)/b19-16-,20-17-,24-21-,27-25-,28-26-,33-31-,34-32-,39-37-,41-38-. The van der Waals surface area contributed by atoms with Crippen LogP contribution in [0.25, 0.3) is 0 Å². The maximum absolute atomic E-state index is 13.0. The molecule has 0 aromatic heterocycles. The zero-order valence-electron chi connectivity index (χ0n) is 66.6. The smallest absolute Gasteiger partial charge is 0.463 e. The van der Waals surface area contributed by atoms with Crippen molar-refractivity contribution in [3.05, 3.63) is 109 Å². The highest BCUT2D eigenvalue weighted by Gasteiger charge is 2.29. The minimum absolute atomic E-state index is 0.0942. The molecule has 105 heavy (non-hydrogen) atoms. The van der Waals surface area contributed by atoms with Crippen LogP contribution in [-0.2, 0) is 55.8 Å². The lowest BCUT2D eigenvalue weighted by Gasteiger charge is -2.21. The molecule has 608 valence electrons. The molecule has 5 atom stereocenters. The molecule has 16 nitrogen and oxygen atoms in total. The molecular formula is C87H154O16P2. The number of hydrogen-bond acceptors (Lipinski definition) is 14. The molecule has 0 saturated heterocycles. The Morgan fingerprint density at radius 1 is 0.267 bits per heavy atom. The first-order valence-corrected chi connectivity index (χ1v) is 45.2. The summed E-state index contributed by atoms with van der Waals surface area (Å²) in [4.78, 5) is 58.7. The van der Waals surface area contributed by atoms with Crippen LogP contribution >= 0.6 is 15.6 Å². The first-order chi connectivity index (χ1) is 51.2. The van der Waals surface area contributed by atoms with Gasteiger partial charge in [0.15, 0.2) is 6.10 Å². The first-order valence-electron chi connectivity index (χ1n) is 42.2. The lowest BCUT2D eigenvalue weighted by atomic mass is 10.0. The van der Waals surface area contributed by atoms with E-state index in [1.807, 2.05) is 0 Å². The van der Waals surface area contributed by atoms with Crippen molar-refractivity contribution in [3.8, 4) is 0 Å². The fourth-order valence-electron chi connectivity index (χ4n) is 11.5. The third-order valence-corrected chi connectivity index (χ3v) is 19.8. The van der Waals surface area contributed by atoms with Gasteiger partial charge in [-0.05, 0) is 135 Å². The van der Waals surface area contributed by atoms with Gasteiger partial charge < -0.3 is 34.2 Å². The van der Waals surface area contributed by atoms with Crippen molar-refractivity contribution in [3.63, 3.8) is 0 Å². The number of hydrogen-bond donors (Lipinski definition) is 4. The van der Waals surface area contributed by atoms with Gasteiger partial charge in [0.05, 0.1) is 26.4 Å². The second kappa shape index (κ2) is 79.8. The maximum Gasteiger partial charge on any atom is 0.472 e. The van der Waals surface area contributed by atoms with Crippen LogP contribution in [0, 0.1) is 0 Å². The summed E-state index contributed by atoms with van der Waals surface area (Å²) in [6, 6.07) is 0. The fraction of sp³-hybridized carbons (Fsp3) is 0.759. The Bertz CT molecular complexity index is 2340. The van der Waals surface area contributed by atoms with Crippen LogP contribution < -0.4 is 0 Å². The van der Waals surface area contributed by atoms with E-state index >= 15 is 0 Å². The molecule has 0 radical (unpaired) electrons. The van der Waals surface area contributed by atoms with Crippen molar-refractivity contribution in [2.45, 2.75) is 386 Å². The van der Waals surface area contributed by atoms with E-state index in [1.54, 1.807) is 0 Å². The van der Waals surface area contributed by atoms with Crippen molar-refractivity contribution >= 4 is 33.6 Å². The summed E-state index contributed by atoms with van der Waals surface area (Å²) in [6.07, 6.45) is 94.3. The fourth-order valence-corrected chi connectivity index (χ4v) is 13.1. The van der Waals surface area contributed by atoms with Crippen LogP contribution in [0.5, 0.6) is 0 Å². The van der Waals surface area contributed by atoms with Gasteiger partial charge >= 0.3 is 33.6 Å². The minimum atomic E-state index is -4.93. The molecule has 0 aromatic carbocycles. The highest BCUT2D eigenvalue weighted by atomic mass is 31.2. The van der Waals surface area contributed by atoms with E-state index in [2.05, 4.69) is 130 Å². The summed E-state index contributed by atoms with van der Waals surface area (Å²) < 4.78 is 61.2. The Labute approximate surface area is 640 Å². The van der Waals surface area contributed by atoms with Gasteiger partial charge in [-0.3, -0.25) is 32.5 Å². The average Bonchev–Trinajstić information content (AvgIpc) is 0.912. The number of phosphoric acid groups is 2. The van der Waals surface area contributed by atoms with Crippen molar-refractivity contribution < 1.29 is 75.8 Å². The molecule has 0 heterocycles. The first kappa shape index (κ1) is 101. The number of carbonyl (C=O) groups is 3. The second-order valence-electron chi connectivity index (χ2n) is 28.3. The largest absolute Gasteiger partial charge is 0.472 e. The molecule has 0 amide bonds. The molecule has 0 bridgehead atoms. The number of rotatable bonds is 80. The number of allylic oxidation sites excluding steroid dienone is 18. The summed E-state index contributed by atoms with van der Waals surface area (Å²) in [6.45, 7) is 2.64. The van der Waals surface area contributed by atoms with Gasteiger partial charge in [-0.15, -0.1) is 0 Å². The third-order valence-electron chi connectivity index (χ3n) is 17.9. The Morgan fingerprint density at radius 2 is 0.476 bits per heavy atom. The number of aliphatic hydroxyl groups excluding tert-OH is 2. The van der Waals surface area contributed by atoms with E-state index in [9.17, 15) is 43.5 Å². The van der Waals surface area contributed by atoms with Gasteiger partial charge in [-0.2, -0.15) is 0 Å². The van der Waals surface area contributed by atoms with Crippen LogP contribution in [0.2, 0.25) is 0 Å². The Kier molecular flexibility index (Phi) is 76.9. The number of unbranched alkanes of at least 4 members (excludes halogenated alkanes) is 39. The summed E-state index contributed by atoms with van der Waals surface area (Å²) in [5.41, 5.74) is 0. The quantitative estimate of drug-likeness (QED) is 0.0146. The second-order valence-corrected chi connectivity index (χ2v) is 31.2. The van der Waals surface area contributed by atoms with Crippen LogP contribution in [0.3, 0.4) is 0 Å². The number of ether oxygens (including phenoxy) is 3. The zero-order chi connectivity index (χ0) is 76.6. The van der Waals surface area contributed by atoms with E-state index in [1.165, 1.54) is 173 Å². The van der Waals surface area contributed by atoms with Crippen LogP contribution in [0.4, 0.5) is 0 Å². The van der Waals surface area contributed by atoms with Crippen LogP contribution in [-0.4, -0.2) is 95.9 Å². The third kappa shape index (κ3) is 81.0. The minimum Gasteiger partial charge on any atom is -0.463 e. The van der Waals surface area contributed by atoms with Gasteiger partial charge in [0.2, 0.25) is 0 Å². The van der Waals surface area contributed by atoms with Gasteiger partial charge in [0.25, 0.3) is 0 Å². The molecular weight excluding hydrogens is 1360 g/mol. The van der Waals surface area contributed by atoms with Crippen molar-refractivity contribution in [2.75, 3.05) is 39.6 Å². The van der Waals surface area contributed by atoms with Gasteiger partial charge in [-0.25, -0.2) is 9.13 Å². The summed E-state index contributed by atoms with van der Waals surface area (Å²) in [5.74, 6) is -1.58. The number of aliphatic hydroxyl groups is 2. The normalized spacial score (nSPS) is 14.5. The topological polar surface area (TPSA) is 231 Å².